The average Bonchev–Trinajstić information content (AvgIpc) is 2.81. The van der Waals surface area contributed by atoms with Gasteiger partial charge < -0.3 is 4.74 Å². The summed E-state index contributed by atoms with van der Waals surface area (Å²) in [6, 6.07) is 18.2. The van der Waals surface area contributed by atoms with Gasteiger partial charge in [-0.15, -0.1) is 6.42 Å². The molecule has 0 aromatic heterocycles. The van der Waals surface area contributed by atoms with Gasteiger partial charge in [0.25, 0.3) is 0 Å². The Kier molecular flexibility index (Phi) is 6.33. The van der Waals surface area contributed by atoms with Crippen LogP contribution in [0.15, 0.2) is 70.9 Å². The normalized spacial score (nSPS) is 21.6. The van der Waals surface area contributed by atoms with Crippen molar-refractivity contribution in [3.05, 3.63) is 71.4 Å². The number of ether oxygens (including phenoxy) is 1. The Morgan fingerprint density at radius 2 is 1.73 bits per heavy atom. The molecule has 1 heterocycles. The van der Waals surface area contributed by atoms with Crippen molar-refractivity contribution in [1.82, 2.24) is 0 Å². The summed E-state index contributed by atoms with van der Waals surface area (Å²) >= 11 is 0. The van der Waals surface area contributed by atoms with Gasteiger partial charge >= 0.3 is 5.97 Å². The third-order valence-corrected chi connectivity index (χ3v) is 6.47. The molecule has 2 aliphatic rings. The number of carbonyl (C=O) groups excluding carboxylic acids is 2. The number of hydrogen-bond donors (Lipinski definition) is 0. The molecule has 2 aromatic rings. The molecule has 1 saturated carbocycles. The number of aliphatic imine (C=N–C) groups is 1. The first-order chi connectivity index (χ1) is 15.8. The number of Topliss-reactive ketones (excluding diaryl/α,β-unsaturated/α-hetero) is 1. The van der Waals surface area contributed by atoms with Gasteiger partial charge in [0.2, 0.25) is 0 Å². The van der Waals surface area contributed by atoms with Crippen LogP contribution in [0.5, 0.6) is 0 Å². The summed E-state index contributed by atoms with van der Waals surface area (Å²) in [4.78, 5) is 31.4. The Balaban J connectivity index is 1.82. The Labute approximate surface area is 195 Å². The minimum absolute atomic E-state index is 0.110. The minimum Gasteiger partial charge on any atom is -0.449 e. The molecule has 2 unspecified atom stereocenters. The summed E-state index contributed by atoms with van der Waals surface area (Å²) in [5.74, 6) is 1.12. The highest BCUT2D eigenvalue weighted by molar-refractivity contribution is 6.12. The second-order valence-electron chi connectivity index (χ2n) is 9.52. The van der Waals surface area contributed by atoms with Crippen LogP contribution in [0.3, 0.4) is 0 Å². The predicted molar refractivity (Wildman–Crippen MR) is 131 cm³/mol. The Morgan fingerprint density at radius 1 is 1.06 bits per heavy atom. The lowest BCUT2D eigenvalue weighted by atomic mass is 9.63. The third-order valence-electron chi connectivity index (χ3n) is 6.47. The molecule has 2 aromatic carbocycles. The van der Waals surface area contributed by atoms with E-state index in [9.17, 15) is 9.59 Å². The standard InChI is InChI=1S/C29H29NO3/c1-5-16-33-28(32)27-22(6-2)30-23-17-29(3,4)18-24(31)26(23)25(27)21-14-12-20(13-15-21)19-10-8-7-9-11-19/h1,7-15,25-26H,6,16-18H2,2-4H3. The highest BCUT2D eigenvalue weighted by atomic mass is 16.5. The minimum atomic E-state index is -0.484. The number of esters is 1. The molecule has 0 saturated heterocycles. The number of hydrogen-bond acceptors (Lipinski definition) is 4. The van der Waals surface area contributed by atoms with E-state index in [4.69, 9.17) is 16.2 Å². The van der Waals surface area contributed by atoms with Crippen LogP contribution in [0.2, 0.25) is 0 Å². The molecule has 168 valence electrons. The van der Waals surface area contributed by atoms with Gasteiger partial charge in [-0.05, 0) is 34.9 Å². The summed E-state index contributed by atoms with van der Waals surface area (Å²) < 4.78 is 5.35. The maximum Gasteiger partial charge on any atom is 0.337 e. The van der Waals surface area contributed by atoms with Gasteiger partial charge in [0.05, 0.1) is 17.2 Å². The van der Waals surface area contributed by atoms with E-state index >= 15 is 0 Å². The molecule has 0 bridgehead atoms. The van der Waals surface area contributed by atoms with E-state index in [1.807, 2.05) is 49.4 Å². The Hall–Kier alpha value is -3.45. The van der Waals surface area contributed by atoms with Crippen LogP contribution in [-0.2, 0) is 14.3 Å². The summed E-state index contributed by atoms with van der Waals surface area (Å²) in [6.07, 6.45) is 7.09. The summed E-state index contributed by atoms with van der Waals surface area (Å²) in [5.41, 5.74) is 4.99. The van der Waals surface area contributed by atoms with E-state index in [0.717, 1.165) is 28.8 Å². The van der Waals surface area contributed by atoms with Gasteiger partial charge in [-0.2, -0.15) is 0 Å². The molecule has 4 rings (SSSR count). The topological polar surface area (TPSA) is 55.7 Å². The van der Waals surface area contributed by atoms with Crippen LogP contribution in [-0.4, -0.2) is 24.1 Å². The zero-order chi connectivity index (χ0) is 23.6. The van der Waals surface area contributed by atoms with Crippen molar-refractivity contribution in [3.63, 3.8) is 0 Å². The van der Waals surface area contributed by atoms with E-state index in [-0.39, 0.29) is 17.8 Å². The molecule has 0 N–H and O–H groups in total. The number of nitrogens with zero attached hydrogens (tertiary/aromatic N) is 1. The molecule has 0 amide bonds. The first kappa shape index (κ1) is 22.7. The lowest BCUT2D eigenvalue weighted by molar-refractivity contribution is -0.138. The maximum atomic E-state index is 13.4. The first-order valence-corrected chi connectivity index (χ1v) is 11.4. The Morgan fingerprint density at radius 3 is 2.36 bits per heavy atom. The van der Waals surface area contributed by atoms with Crippen molar-refractivity contribution in [1.29, 1.82) is 0 Å². The fourth-order valence-electron chi connectivity index (χ4n) is 5.07. The van der Waals surface area contributed by atoms with Crippen molar-refractivity contribution in [2.24, 2.45) is 16.3 Å². The second kappa shape index (κ2) is 9.19. The number of rotatable bonds is 5. The lowest BCUT2D eigenvalue weighted by Crippen LogP contribution is -2.44. The van der Waals surface area contributed by atoms with E-state index < -0.39 is 17.8 Å². The quantitative estimate of drug-likeness (QED) is 0.441. The van der Waals surface area contributed by atoms with Gasteiger partial charge in [0.1, 0.15) is 5.78 Å². The zero-order valence-electron chi connectivity index (χ0n) is 19.4. The molecular weight excluding hydrogens is 410 g/mol. The maximum absolute atomic E-state index is 13.4. The fourth-order valence-corrected chi connectivity index (χ4v) is 5.07. The number of carbonyl (C=O) groups is 2. The van der Waals surface area contributed by atoms with E-state index in [1.54, 1.807) is 0 Å². The molecule has 4 nitrogen and oxygen atoms in total. The average molecular weight is 440 g/mol. The number of terminal acetylenes is 1. The summed E-state index contributed by atoms with van der Waals surface area (Å²) in [6.45, 7) is 6.05. The number of fused-ring (bicyclic) bond motifs is 1. The predicted octanol–water partition coefficient (Wildman–Crippen LogP) is 5.74. The molecule has 1 fully saturated rings. The molecule has 4 heteroatoms. The van der Waals surface area contributed by atoms with Gasteiger partial charge in [0, 0.05) is 18.1 Å². The molecule has 0 spiro atoms. The van der Waals surface area contributed by atoms with Crippen molar-refractivity contribution in [2.75, 3.05) is 6.61 Å². The van der Waals surface area contributed by atoms with Crippen LogP contribution >= 0.6 is 0 Å². The van der Waals surface area contributed by atoms with Crippen molar-refractivity contribution < 1.29 is 14.3 Å². The fraction of sp³-hybridized carbons (Fsp3) is 0.345. The van der Waals surface area contributed by atoms with Gasteiger partial charge in [-0.1, -0.05) is 81.3 Å². The van der Waals surface area contributed by atoms with Crippen molar-refractivity contribution in [2.45, 2.75) is 46.0 Å². The molecule has 33 heavy (non-hydrogen) atoms. The number of benzene rings is 2. The second-order valence-corrected chi connectivity index (χ2v) is 9.52. The molecule has 1 aliphatic heterocycles. The monoisotopic (exact) mass is 439 g/mol. The van der Waals surface area contributed by atoms with Crippen LogP contribution in [0.25, 0.3) is 11.1 Å². The van der Waals surface area contributed by atoms with Gasteiger partial charge in [0.15, 0.2) is 6.61 Å². The van der Waals surface area contributed by atoms with E-state index in [0.29, 0.717) is 24.1 Å². The number of ketones is 1. The SMILES string of the molecule is C#CCOC(=O)C1=C(CC)N=C2CC(C)(C)CC(=O)C2C1c1ccc(-c2ccccc2)cc1. The highest BCUT2D eigenvalue weighted by Gasteiger charge is 2.47. The zero-order valence-corrected chi connectivity index (χ0v) is 19.4. The van der Waals surface area contributed by atoms with Crippen LogP contribution < -0.4 is 0 Å². The van der Waals surface area contributed by atoms with Crippen LogP contribution in [0, 0.1) is 23.7 Å². The number of allylic oxidation sites excluding steroid dienone is 1. The van der Waals surface area contributed by atoms with E-state index in [1.165, 1.54) is 0 Å². The van der Waals surface area contributed by atoms with E-state index in [2.05, 4.69) is 31.9 Å². The lowest BCUT2D eigenvalue weighted by Gasteiger charge is -2.41. The summed E-state index contributed by atoms with van der Waals surface area (Å²) in [7, 11) is 0. The molecular formula is C29H29NO3. The summed E-state index contributed by atoms with van der Waals surface area (Å²) in [5, 5.41) is 0. The van der Waals surface area contributed by atoms with Crippen molar-refractivity contribution >= 4 is 17.5 Å². The molecule has 2 atom stereocenters. The smallest absolute Gasteiger partial charge is 0.337 e. The van der Waals surface area contributed by atoms with Crippen LogP contribution in [0.4, 0.5) is 0 Å². The Bertz CT molecular complexity index is 1160. The van der Waals surface area contributed by atoms with Gasteiger partial charge in [-0.3, -0.25) is 9.79 Å². The van der Waals surface area contributed by atoms with Crippen molar-refractivity contribution in [3.8, 4) is 23.5 Å². The molecule has 0 radical (unpaired) electrons. The third kappa shape index (κ3) is 4.54. The highest BCUT2D eigenvalue weighted by Crippen LogP contribution is 2.47. The van der Waals surface area contributed by atoms with Gasteiger partial charge in [-0.25, -0.2) is 4.79 Å². The van der Waals surface area contributed by atoms with Crippen LogP contribution in [0.1, 0.15) is 51.5 Å². The largest absolute Gasteiger partial charge is 0.449 e. The molecule has 1 aliphatic carbocycles. The first-order valence-electron chi connectivity index (χ1n) is 11.4.